The maximum Gasteiger partial charge on any atom is 0.109 e. The van der Waals surface area contributed by atoms with Gasteiger partial charge in [0, 0.05) is 5.30 Å². The van der Waals surface area contributed by atoms with Crippen LogP contribution in [-0.2, 0) is 4.57 Å². The van der Waals surface area contributed by atoms with Crippen LogP contribution >= 0.6 is 7.14 Å². The summed E-state index contributed by atoms with van der Waals surface area (Å²) in [5, 5.41) is 8.25. The first-order valence-corrected chi connectivity index (χ1v) is 14.2. The predicted molar refractivity (Wildman–Crippen MR) is 149 cm³/mol. The molecule has 1 nitrogen and oxygen atoms in total. The largest absolute Gasteiger partial charge is 0.319 e. The van der Waals surface area contributed by atoms with Gasteiger partial charge in [-0.3, -0.25) is 0 Å². The normalized spacial score (nSPS) is 11.9. The average molecular weight is 457 g/mol. The second kappa shape index (κ2) is 7.97. The molecule has 0 aliphatic heterocycles. The summed E-state index contributed by atoms with van der Waals surface area (Å²) in [6, 6.07) is 41.0. The number of fused-ring (bicyclic) bond motifs is 3. The summed E-state index contributed by atoms with van der Waals surface area (Å²) >= 11 is 0. The highest BCUT2D eigenvalue weighted by atomic mass is 31.2. The maximum atomic E-state index is 12.9. The molecule has 0 amide bonds. The molecule has 0 spiro atoms. The van der Waals surface area contributed by atoms with E-state index in [4.69, 9.17) is 0 Å². The Kier molecular flexibility index (Phi) is 4.90. The minimum atomic E-state index is -2.37. The van der Waals surface area contributed by atoms with Gasteiger partial charge in [-0.1, -0.05) is 91.0 Å². The van der Waals surface area contributed by atoms with Crippen molar-refractivity contribution in [1.82, 2.24) is 0 Å². The molecule has 0 saturated heterocycles. The molecule has 0 aliphatic carbocycles. The molecule has 164 valence electrons. The molecular formula is C32H25OP. The first-order valence-electron chi connectivity index (χ1n) is 11.6. The predicted octanol–water partition coefficient (Wildman–Crippen LogP) is 8.73. The zero-order valence-corrected chi connectivity index (χ0v) is 20.2. The molecule has 0 aromatic heterocycles. The van der Waals surface area contributed by atoms with Gasteiger partial charge in [-0.15, -0.1) is 0 Å². The van der Waals surface area contributed by atoms with Crippen molar-refractivity contribution < 1.29 is 4.57 Å². The summed E-state index contributed by atoms with van der Waals surface area (Å²) in [4.78, 5) is 0. The van der Waals surface area contributed by atoms with Gasteiger partial charge in [-0.2, -0.15) is 0 Å². The van der Waals surface area contributed by atoms with E-state index in [9.17, 15) is 4.57 Å². The third-order valence-electron chi connectivity index (χ3n) is 6.70. The van der Waals surface area contributed by atoms with Gasteiger partial charge in [0.25, 0.3) is 0 Å². The minimum Gasteiger partial charge on any atom is -0.319 e. The van der Waals surface area contributed by atoms with Gasteiger partial charge in [-0.05, 0) is 92.2 Å². The van der Waals surface area contributed by atoms with Crippen molar-refractivity contribution in [3.8, 4) is 22.3 Å². The fourth-order valence-electron chi connectivity index (χ4n) is 4.92. The molecule has 0 saturated carbocycles. The van der Waals surface area contributed by atoms with Crippen LogP contribution in [0.15, 0.2) is 115 Å². The van der Waals surface area contributed by atoms with E-state index in [1.165, 1.54) is 49.0 Å². The molecule has 0 heterocycles. The van der Waals surface area contributed by atoms with Crippen LogP contribution in [0.1, 0.15) is 0 Å². The van der Waals surface area contributed by atoms with E-state index in [2.05, 4.69) is 103 Å². The highest BCUT2D eigenvalue weighted by Gasteiger charge is 2.15. The molecule has 0 atom stereocenters. The molecule has 6 rings (SSSR count). The van der Waals surface area contributed by atoms with Crippen molar-refractivity contribution in [2.75, 3.05) is 13.3 Å². The Morgan fingerprint density at radius 3 is 1.91 bits per heavy atom. The molecule has 0 N–H and O–H groups in total. The van der Waals surface area contributed by atoms with Gasteiger partial charge >= 0.3 is 0 Å². The number of benzene rings is 6. The fraction of sp³-hybridized carbons (Fsp3) is 0.0625. The quantitative estimate of drug-likeness (QED) is 0.192. The van der Waals surface area contributed by atoms with Gasteiger partial charge in [0.15, 0.2) is 0 Å². The number of rotatable bonds is 3. The van der Waals surface area contributed by atoms with E-state index >= 15 is 0 Å². The van der Waals surface area contributed by atoms with Crippen LogP contribution < -0.4 is 5.30 Å². The molecular weight excluding hydrogens is 431 g/mol. The Balaban J connectivity index is 1.65. The third kappa shape index (κ3) is 3.63. The van der Waals surface area contributed by atoms with E-state index in [1.807, 2.05) is 25.5 Å². The van der Waals surface area contributed by atoms with Gasteiger partial charge in [-0.25, -0.2) is 0 Å². The lowest BCUT2D eigenvalue weighted by Gasteiger charge is -2.15. The molecule has 6 aromatic rings. The van der Waals surface area contributed by atoms with Crippen LogP contribution in [0.25, 0.3) is 54.6 Å². The topological polar surface area (TPSA) is 17.1 Å². The lowest BCUT2D eigenvalue weighted by Crippen LogP contribution is -2.02. The molecule has 6 aromatic carbocycles. The SMILES string of the molecule is CP(C)(=O)c1cccc(-c2c3ccccc3cc3ccc(-c4ccc5ccccc5c4)cc23)c1. The Hall–Kier alpha value is -3.67. The van der Waals surface area contributed by atoms with Crippen LogP contribution in [0.4, 0.5) is 0 Å². The van der Waals surface area contributed by atoms with Crippen LogP contribution in [0.5, 0.6) is 0 Å². The molecule has 0 fully saturated rings. The van der Waals surface area contributed by atoms with Crippen LogP contribution in [-0.4, -0.2) is 13.3 Å². The van der Waals surface area contributed by atoms with Gasteiger partial charge in [0.2, 0.25) is 0 Å². The lowest BCUT2D eigenvalue weighted by molar-refractivity contribution is 0.588. The summed E-state index contributed by atoms with van der Waals surface area (Å²) in [6.45, 7) is 3.68. The van der Waals surface area contributed by atoms with Crippen molar-refractivity contribution in [2.24, 2.45) is 0 Å². The maximum absolute atomic E-state index is 12.9. The first kappa shape index (κ1) is 20.9. The number of hydrogen-bond acceptors (Lipinski definition) is 1. The standard InChI is InChI=1S/C32H25OP/c1-34(2,33)29-12-7-11-28(20-29)32-30-13-6-5-10-26(30)19-27-17-16-25(21-31(27)32)24-15-14-22-8-3-4-9-23(22)18-24/h3-21H,1-2H3. The van der Waals surface area contributed by atoms with E-state index < -0.39 is 7.14 Å². The summed E-state index contributed by atoms with van der Waals surface area (Å²) in [7, 11) is -2.37. The van der Waals surface area contributed by atoms with E-state index in [1.54, 1.807) is 0 Å². The van der Waals surface area contributed by atoms with Gasteiger partial charge in [0.1, 0.15) is 7.14 Å². The molecule has 0 unspecified atom stereocenters. The zero-order valence-electron chi connectivity index (χ0n) is 19.3. The average Bonchev–Trinajstić information content (AvgIpc) is 2.86. The van der Waals surface area contributed by atoms with Crippen molar-refractivity contribution in [3.05, 3.63) is 115 Å². The summed E-state index contributed by atoms with van der Waals surface area (Å²) in [5.41, 5.74) is 4.72. The summed E-state index contributed by atoms with van der Waals surface area (Å²) < 4.78 is 12.9. The van der Waals surface area contributed by atoms with Gasteiger partial charge < -0.3 is 4.57 Å². The van der Waals surface area contributed by atoms with Crippen LogP contribution in [0, 0.1) is 0 Å². The Morgan fingerprint density at radius 2 is 1.12 bits per heavy atom. The second-order valence-electron chi connectivity index (χ2n) is 9.37. The van der Waals surface area contributed by atoms with Crippen LogP contribution in [0.3, 0.4) is 0 Å². The van der Waals surface area contributed by atoms with Crippen molar-refractivity contribution in [2.45, 2.75) is 0 Å². The zero-order chi connectivity index (χ0) is 23.3. The summed E-state index contributed by atoms with van der Waals surface area (Å²) in [6.07, 6.45) is 0. The van der Waals surface area contributed by atoms with Gasteiger partial charge in [0.05, 0.1) is 0 Å². The minimum absolute atomic E-state index is 0.914. The van der Waals surface area contributed by atoms with E-state index in [0.29, 0.717) is 0 Å². The Bertz CT molecular complexity index is 1760. The molecule has 34 heavy (non-hydrogen) atoms. The van der Waals surface area contributed by atoms with E-state index in [-0.39, 0.29) is 0 Å². The fourth-order valence-corrected chi connectivity index (χ4v) is 5.81. The highest BCUT2D eigenvalue weighted by Crippen LogP contribution is 2.41. The van der Waals surface area contributed by atoms with Crippen molar-refractivity contribution in [1.29, 1.82) is 0 Å². The first-order chi connectivity index (χ1) is 16.5. The van der Waals surface area contributed by atoms with E-state index in [0.717, 1.165) is 10.9 Å². The Morgan fingerprint density at radius 1 is 0.471 bits per heavy atom. The highest BCUT2D eigenvalue weighted by molar-refractivity contribution is 7.70. The lowest BCUT2D eigenvalue weighted by atomic mass is 9.90. The molecule has 2 heteroatoms. The smallest absolute Gasteiger partial charge is 0.109 e. The monoisotopic (exact) mass is 456 g/mol. The molecule has 0 bridgehead atoms. The van der Waals surface area contributed by atoms with Crippen molar-refractivity contribution >= 4 is 44.8 Å². The molecule has 0 radical (unpaired) electrons. The van der Waals surface area contributed by atoms with Crippen LogP contribution in [0.2, 0.25) is 0 Å². The molecule has 0 aliphatic rings. The Labute approximate surface area is 200 Å². The summed E-state index contributed by atoms with van der Waals surface area (Å²) in [5.74, 6) is 0. The second-order valence-corrected chi connectivity index (χ2v) is 12.6. The van der Waals surface area contributed by atoms with Crippen molar-refractivity contribution in [3.63, 3.8) is 0 Å². The number of hydrogen-bond donors (Lipinski definition) is 0. The third-order valence-corrected chi connectivity index (χ3v) is 8.22.